The lowest BCUT2D eigenvalue weighted by Crippen LogP contribution is -2.33. The van der Waals surface area contributed by atoms with Crippen LogP contribution in [0.2, 0.25) is 0 Å². The molecule has 128 valence electrons. The zero-order chi connectivity index (χ0) is 17.7. The molecule has 22 heavy (non-hydrogen) atoms. The summed E-state index contributed by atoms with van der Waals surface area (Å²) < 4.78 is 150. The Kier molecular flexibility index (Phi) is 4.32. The van der Waals surface area contributed by atoms with E-state index in [9.17, 15) is 52.7 Å². The summed E-state index contributed by atoms with van der Waals surface area (Å²) >= 11 is 0. The van der Waals surface area contributed by atoms with Gasteiger partial charge in [-0.2, -0.15) is 52.7 Å². The summed E-state index contributed by atoms with van der Waals surface area (Å²) in [4.78, 5) is 0. The molecule has 0 saturated heterocycles. The fourth-order valence-electron chi connectivity index (χ4n) is 1.87. The zero-order valence-electron chi connectivity index (χ0n) is 9.95. The largest absolute Gasteiger partial charge is 0.413 e. The van der Waals surface area contributed by atoms with Crippen molar-refractivity contribution in [1.29, 1.82) is 0 Å². The molecule has 0 nitrogen and oxygen atoms in total. The minimum absolute atomic E-state index is 2.53. The highest BCUT2D eigenvalue weighted by molar-refractivity contribution is 5.42. The summed E-state index contributed by atoms with van der Waals surface area (Å²) in [5, 5.41) is 0. The van der Waals surface area contributed by atoms with Gasteiger partial charge in [-0.15, -0.1) is 0 Å². The molecular weight excluding hydrogens is 348 g/mol. The molecule has 0 radical (unpaired) electrons. The minimum Gasteiger partial charge on any atom is -0.166 e. The number of rotatable bonds is 0. The Bertz CT molecular complexity index is 412. The fraction of sp³-hybridized carbons (Fsp3) is 0.600. The molecule has 1 aliphatic carbocycles. The highest BCUT2D eigenvalue weighted by Crippen LogP contribution is 2.52. The average molecular weight is 352 g/mol. The Morgan fingerprint density at radius 2 is 0.500 bits per heavy atom. The van der Waals surface area contributed by atoms with Crippen molar-refractivity contribution in [3.05, 3.63) is 22.3 Å². The van der Waals surface area contributed by atoms with Gasteiger partial charge >= 0.3 is 24.7 Å². The maximum absolute atomic E-state index is 12.5. The number of allylic oxidation sites excluding steroid dienone is 4. The summed E-state index contributed by atoms with van der Waals surface area (Å²) in [6.45, 7) is 0. The molecule has 1 aliphatic rings. The van der Waals surface area contributed by atoms with E-state index in [0.717, 1.165) is 0 Å². The molecule has 0 unspecified atom stereocenters. The first-order valence-corrected chi connectivity index (χ1v) is 5.18. The Labute approximate surface area is 114 Å². The van der Waals surface area contributed by atoms with E-state index in [0.29, 0.717) is 0 Å². The van der Waals surface area contributed by atoms with E-state index in [1.807, 2.05) is 0 Å². The van der Waals surface area contributed by atoms with Gasteiger partial charge in [-0.1, -0.05) is 0 Å². The van der Waals surface area contributed by atoms with Gasteiger partial charge < -0.3 is 0 Å². The Balaban J connectivity index is 3.57. The van der Waals surface area contributed by atoms with Crippen molar-refractivity contribution < 1.29 is 52.7 Å². The normalized spacial score (nSPS) is 19.1. The molecule has 0 aromatic rings. The van der Waals surface area contributed by atoms with E-state index in [-0.39, 0.29) is 0 Å². The molecule has 0 N–H and O–H groups in total. The fourth-order valence-corrected chi connectivity index (χ4v) is 1.87. The van der Waals surface area contributed by atoms with E-state index in [4.69, 9.17) is 0 Å². The van der Waals surface area contributed by atoms with Crippen LogP contribution in [0, 0.1) is 0 Å². The first-order valence-electron chi connectivity index (χ1n) is 5.18. The van der Waals surface area contributed by atoms with Crippen LogP contribution in [0.4, 0.5) is 52.7 Å². The van der Waals surface area contributed by atoms with Crippen LogP contribution in [0.3, 0.4) is 0 Å². The summed E-state index contributed by atoms with van der Waals surface area (Å²) in [7, 11) is 0. The number of hydrogen-bond acceptors (Lipinski definition) is 0. The topological polar surface area (TPSA) is 0 Å². The second-order valence-electron chi connectivity index (χ2n) is 4.26. The molecule has 0 atom stereocenters. The number of alkyl halides is 12. The van der Waals surface area contributed by atoms with Crippen LogP contribution in [0.15, 0.2) is 22.3 Å². The van der Waals surface area contributed by atoms with E-state index >= 15 is 0 Å². The Morgan fingerprint density at radius 1 is 0.364 bits per heavy atom. The third-order valence-corrected chi connectivity index (χ3v) is 2.80. The molecule has 0 aromatic heterocycles. The summed E-state index contributed by atoms with van der Waals surface area (Å²) in [5.74, 6) is 0. The van der Waals surface area contributed by atoms with Crippen molar-refractivity contribution in [3.8, 4) is 0 Å². The monoisotopic (exact) mass is 352 g/mol. The molecule has 0 saturated carbocycles. The van der Waals surface area contributed by atoms with Crippen molar-refractivity contribution in [2.45, 2.75) is 37.5 Å². The van der Waals surface area contributed by atoms with Crippen LogP contribution in [-0.4, -0.2) is 24.7 Å². The van der Waals surface area contributed by atoms with E-state index in [1.165, 1.54) is 0 Å². The third kappa shape index (κ3) is 3.88. The van der Waals surface area contributed by atoms with E-state index in [2.05, 4.69) is 0 Å². The van der Waals surface area contributed by atoms with Gasteiger partial charge in [-0.3, -0.25) is 0 Å². The van der Waals surface area contributed by atoms with Gasteiger partial charge in [0, 0.05) is 35.1 Å². The maximum atomic E-state index is 12.5. The van der Waals surface area contributed by atoms with Gasteiger partial charge in [-0.25, -0.2) is 0 Å². The van der Waals surface area contributed by atoms with Crippen molar-refractivity contribution in [1.82, 2.24) is 0 Å². The van der Waals surface area contributed by atoms with Crippen LogP contribution in [0.1, 0.15) is 12.8 Å². The van der Waals surface area contributed by atoms with Crippen molar-refractivity contribution in [2.24, 2.45) is 0 Å². The molecule has 0 aromatic carbocycles. The van der Waals surface area contributed by atoms with Crippen LogP contribution >= 0.6 is 0 Å². The summed E-state index contributed by atoms with van der Waals surface area (Å²) in [6, 6.07) is 0. The molecule has 0 amide bonds. The summed E-state index contributed by atoms with van der Waals surface area (Å²) in [5.41, 5.74) is -10.7. The van der Waals surface area contributed by atoms with Crippen LogP contribution < -0.4 is 0 Å². The predicted octanol–water partition coefficient (Wildman–Crippen LogP) is 5.62. The van der Waals surface area contributed by atoms with Gasteiger partial charge in [0.15, 0.2) is 0 Å². The smallest absolute Gasteiger partial charge is 0.166 e. The molecule has 1 rings (SSSR count). The standard InChI is InChI=1S/C10H4F12/c11-7(12,13)3-1-4(8(14,15)16)6(10(20,21)22)2-5(3)9(17,18)19/h1-2H2. The highest BCUT2D eigenvalue weighted by atomic mass is 19.4. The molecule has 0 spiro atoms. The Morgan fingerprint density at radius 3 is 0.591 bits per heavy atom. The van der Waals surface area contributed by atoms with Crippen molar-refractivity contribution in [3.63, 3.8) is 0 Å². The number of halogens is 12. The lowest BCUT2D eigenvalue weighted by atomic mass is 9.84. The van der Waals surface area contributed by atoms with Crippen LogP contribution in [0.5, 0.6) is 0 Å². The van der Waals surface area contributed by atoms with E-state index < -0.39 is 59.8 Å². The van der Waals surface area contributed by atoms with Gasteiger partial charge in [0.05, 0.1) is 0 Å². The molecule has 0 fully saturated rings. The highest BCUT2D eigenvalue weighted by Gasteiger charge is 2.55. The lowest BCUT2D eigenvalue weighted by molar-refractivity contribution is -0.136. The first-order chi connectivity index (χ1) is 9.45. The first kappa shape index (κ1) is 18.7. The van der Waals surface area contributed by atoms with Gasteiger partial charge in [0.25, 0.3) is 0 Å². The molecular formula is C10H4F12. The van der Waals surface area contributed by atoms with Gasteiger partial charge in [0.1, 0.15) is 0 Å². The summed E-state index contributed by atoms with van der Waals surface area (Å²) in [6.07, 6.45) is -28.4. The van der Waals surface area contributed by atoms with Crippen LogP contribution in [0.25, 0.3) is 0 Å². The van der Waals surface area contributed by atoms with E-state index in [1.54, 1.807) is 0 Å². The molecule has 0 heterocycles. The maximum Gasteiger partial charge on any atom is 0.413 e. The van der Waals surface area contributed by atoms with Gasteiger partial charge in [-0.05, 0) is 0 Å². The third-order valence-electron chi connectivity index (χ3n) is 2.80. The minimum atomic E-state index is -5.83. The number of hydrogen-bond donors (Lipinski definition) is 0. The average Bonchev–Trinajstić information content (AvgIpc) is 2.22. The zero-order valence-corrected chi connectivity index (χ0v) is 9.95. The second kappa shape index (κ2) is 5.08. The Hall–Kier alpha value is -1.36. The van der Waals surface area contributed by atoms with Crippen molar-refractivity contribution >= 4 is 0 Å². The SMILES string of the molecule is FC(F)(F)C1=C(C(F)(F)F)CC(C(F)(F)F)=C(C(F)(F)F)C1. The molecule has 0 bridgehead atoms. The van der Waals surface area contributed by atoms with Crippen molar-refractivity contribution in [2.75, 3.05) is 0 Å². The molecule has 12 heteroatoms. The second-order valence-corrected chi connectivity index (χ2v) is 4.26. The predicted molar refractivity (Wildman–Crippen MR) is 47.5 cm³/mol. The van der Waals surface area contributed by atoms with Crippen LogP contribution in [-0.2, 0) is 0 Å². The molecule has 0 aliphatic heterocycles. The lowest BCUT2D eigenvalue weighted by Gasteiger charge is -2.30. The van der Waals surface area contributed by atoms with Gasteiger partial charge in [0.2, 0.25) is 0 Å². The quantitative estimate of drug-likeness (QED) is 0.392.